The highest BCUT2D eigenvalue weighted by atomic mass is 16.6. The molecule has 6 nitrogen and oxygen atoms in total. The quantitative estimate of drug-likeness (QED) is 0.446. The van der Waals surface area contributed by atoms with E-state index in [1.165, 1.54) is 0 Å². The molecule has 1 aromatic carbocycles. The molecule has 2 rings (SSSR count). The minimum Gasteiger partial charge on any atom is -0.377 e. The molecule has 20 heavy (non-hydrogen) atoms. The molecule has 0 saturated heterocycles. The topological polar surface area (TPSA) is 93.2 Å². The normalized spacial score (nSPS) is 18.6. The molecule has 0 aromatic heterocycles. The van der Waals surface area contributed by atoms with E-state index in [-0.39, 0.29) is 11.7 Å². The van der Waals surface area contributed by atoms with Gasteiger partial charge in [-0.3, -0.25) is 16.0 Å². The second-order valence-electron chi connectivity index (χ2n) is 6.19. The number of nitrogens with zero attached hydrogens (tertiary/aromatic N) is 1. The zero-order valence-corrected chi connectivity index (χ0v) is 12.0. The number of hydrogen-bond acceptors (Lipinski definition) is 5. The summed E-state index contributed by atoms with van der Waals surface area (Å²) in [5.74, 6) is 5.34. The molecule has 1 fully saturated rings. The Bertz CT molecular complexity index is 492. The second-order valence-corrected chi connectivity index (χ2v) is 6.19. The molecular weight excluding hydrogens is 256 g/mol. The largest absolute Gasteiger partial charge is 0.377 e. The number of rotatable bonds is 4. The molecule has 0 unspecified atom stereocenters. The van der Waals surface area contributed by atoms with E-state index >= 15 is 0 Å². The third-order valence-corrected chi connectivity index (χ3v) is 4.07. The van der Waals surface area contributed by atoms with Gasteiger partial charge in [0.05, 0.1) is 4.92 Å². The van der Waals surface area contributed by atoms with Crippen LogP contribution in [0.3, 0.4) is 0 Å². The lowest BCUT2D eigenvalue weighted by Crippen LogP contribution is -2.30. The molecular formula is C14H22N4O2. The fourth-order valence-electron chi connectivity index (χ4n) is 2.74. The van der Waals surface area contributed by atoms with E-state index in [1.807, 2.05) is 0 Å². The van der Waals surface area contributed by atoms with Gasteiger partial charge in [0, 0.05) is 6.04 Å². The minimum atomic E-state index is -0.399. The molecule has 0 bridgehead atoms. The van der Waals surface area contributed by atoms with Gasteiger partial charge >= 0.3 is 5.69 Å². The van der Waals surface area contributed by atoms with Crippen LogP contribution in [-0.2, 0) is 0 Å². The van der Waals surface area contributed by atoms with Gasteiger partial charge in [0.25, 0.3) is 0 Å². The maximum atomic E-state index is 11.2. The van der Waals surface area contributed by atoms with Crippen molar-refractivity contribution in [2.45, 2.75) is 45.6 Å². The lowest BCUT2D eigenvalue weighted by Gasteiger charge is -2.35. The SMILES string of the molecule is CC1(C)CCC(Nc2cccc(NN)c2[N+](=O)[O-])CC1. The average Bonchev–Trinajstić information content (AvgIpc) is 2.40. The van der Waals surface area contributed by atoms with Crippen molar-refractivity contribution >= 4 is 17.1 Å². The zero-order valence-electron chi connectivity index (χ0n) is 12.0. The maximum absolute atomic E-state index is 11.2. The lowest BCUT2D eigenvalue weighted by atomic mass is 9.75. The predicted octanol–water partition coefficient (Wildman–Crippen LogP) is 3.26. The first-order valence-electron chi connectivity index (χ1n) is 6.93. The van der Waals surface area contributed by atoms with E-state index in [9.17, 15) is 10.1 Å². The Balaban J connectivity index is 2.16. The zero-order chi connectivity index (χ0) is 14.8. The van der Waals surface area contributed by atoms with Crippen LogP contribution in [-0.4, -0.2) is 11.0 Å². The Morgan fingerprint density at radius 2 is 1.90 bits per heavy atom. The van der Waals surface area contributed by atoms with Gasteiger partial charge in [-0.1, -0.05) is 19.9 Å². The number of hydrazine groups is 1. The van der Waals surface area contributed by atoms with Crippen LogP contribution in [0.1, 0.15) is 39.5 Å². The molecule has 4 N–H and O–H groups in total. The van der Waals surface area contributed by atoms with Crippen molar-refractivity contribution in [3.05, 3.63) is 28.3 Å². The molecule has 0 amide bonds. The fraction of sp³-hybridized carbons (Fsp3) is 0.571. The number of para-hydroxylation sites is 1. The summed E-state index contributed by atoms with van der Waals surface area (Å²) >= 11 is 0. The number of nitrogens with two attached hydrogens (primary N) is 1. The van der Waals surface area contributed by atoms with Crippen molar-refractivity contribution in [3.8, 4) is 0 Å². The van der Waals surface area contributed by atoms with Gasteiger partial charge < -0.3 is 10.7 Å². The highest BCUT2D eigenvalue weighted by molar-refractivity contribution is 5.76. The van der Waals surface area contributed by atoms with Crippen LogP contribution in [0, 0.1) is 15.5 Å². The third kappa shape index (κ3) is 3.19. The second kappa shape index (κ2) is 5.66. The average molecular weight is 278 g/mol. The molecule has 0 heterocycles. The van der Waals surface area contributed by atoms with E-state index in [4.69, 9.17) is 5.84 Å². The summed E-state index contributed by atoms with van der Waals surface area (Å²) in [6, 6.07) is 5.39. The van der Waals surface area contributed by atoms with Crippen LogP contribution in [0.2, 0.25) is 0 Å². The predicted molar refractivity (Wildman–Crippen MR) is 80.6 cm³/mol. The smallest absolute Gasteiger partial charge is 0.316 e. The van der Waals surface area contributed by atoms with E-state index in [2.05, 4.69) is 24.6 Å². The number of nitrogens with one attached hydrogen (secondary N) is 2. The molecule has 0 radical (unpaired) electrons. The van der Waals surface area contributed by atoms with E-state index < -0.39 is 4.92 Å². The van der Waals surface area contributed by atoms with Crippen LogP contribution in [0.15, 0.2) is 18.2 Å². The Hall–Kier alpha value is -1.82. The Morgan fingerprint density at radius 3 is 2.45 bits per heavy atom. The van der Waals surface area contributed by atoms with Crippen LogP contribution in [0.5, 0.6) is 0 Å². The van der Waals surface area contributed by atoms with Crippen LogP contribution >= 0.6 is 0 Å². The molecule has 0 aliphatic heterocycles. The molecule has 1 aliphatic rings. The first-order valence-corrected chi connectivity index (χ1v) is 6.93. The number of nitro groups is 1. The van der Waals surface area contributed by atoms with Crippen molar-refractivity contribution < 1.29 is 4.92 Å². The van der Waals surface area contributed by atoms with Crippen molar-refractivity contribution in [1.29, 1.82) is 0 Å². The van der Waals surface area contributed by atoms with Crippen molar-refractivity contribution in [2.75, 3.05) is 10.7 Å². The van der Waals surface area contributed by atoms with Gasteiger partial charge in [-0.25, -0.2) is 0 Å². The Labute approximate surface area is 118 Å². The van der Waals surface area contributed by atoms with Crippen LogP contribution in [0.25, 0.3) is 0 Å². The maximum Gasteiger partial charge on any atom is 0.316 e. The van der Waals surface area contributed by atoms with Gasteiger partial charge in [0.1, 0.15) is 11.4 Å². The molecule has 110 valence electrons. The van der Waals surface area contributed by atoms with Crippen molar-refractivity contribution in [2.24, 2.45) is 11.3 Å². The van der Waals surface area contributed by atoms with Crippen LogP contribution in [0.4, 0.5) is 17.1 Å². The molecule has 0 atom stereocenters. The summed E-state index contributed by atoms with van der Waals surface area (Å²) in [6.07, 6.45) is 4.33. The Kier molecular flexibility index (Phi) is 4.13. The van der Waals surface area contributed by atoms with E-state index in [0.717, 1.165) is 25.7 Å². The first kappa shape index (κ1) is 14.6. The van der Waals surface area contributed by atoms with Gasteiger partial charge in [-0.2, -0.15) is 0 Å². The standard InChI is InChI=1S/C14H22N4O2/c1-14(2)8-6-10(7-9-14)16-11-4-3-5-12(17-15)13(11)18(19)20/h3-5,10,16-17H,6-9,15H2,1-2H3. The van der Waals surface area contributed by atoms with Crippen molar-refractivity contribution in [1.82, 2.24) is 0 Å². The summed E-state index contributed by atoms with van der Waals surface area (Å²) in [4.78, 5) is 10.8. The highest BCUT2D eigenvalue weighted by Gasteiger charge is 2.28. The third-order valence-electron chi connectivity index (χ3n) is 4.07. The summed E-state index contributed by atoms with van der Waals surface area (Å²) < 4.78 is 0. The molecule has 1 aliphatic carbocycles. The monoisotopic (exact) mass is 278 g/mol. The van der Waals surface area contributed by atoms with Gasteiger partial charge in [-0.05, 0) is 43.2 Å². The molecule has 6 heteroatoms. The Morgan fingerprint density at radius 1 is 1.30 bits per heavy atom. The summed E-state index contributed by atoms with van der Waals surface area (Å²) in [6.45, 7) is 4.54. The number of nitrogen functional groups attached to an aromatic ring is 1. The number of hydrogen-bond donors (Lipinski definition) is 3. The van der Waals surface area contributed by atoms with Crippen molar-refractivity contribution in [3.63, 3.8) is 0 Å². The van der Waals surface area contributed by atoms with Crippen LogP contribution < -0.4 is 16.6 Å². The minimum absolute atomic E-state index is 0.0137. The molecule has 1 aromatic rings. The van der Waals surface area contributed by atoms with E-state index in [1.54, 1.807) is 18.2 Å². The van der Waals surface area contributed by atoms with Gasteiger partial charge in [0.15, 0.2) is 0 Å². The summed E-state index contributed by atoms with van der Waals surface area (Å²) in [7, 11) is 0. The lowest BCUT2D eigenvalue weighted by molar-refractivity contribution is -0.383. The van der Waals surface area contributed by atoms with Gasteiger partial charge in [-0.15, -0.1) is 0 Å². The highest BCUT2D eigenvalue weighted by Crippen LogP contribution is 2.38. The van der Waals surface area contributed by atoms with Gasteiger partial charge in [0.2, 0.25) is 0 Å². The summed E-state index contributed by atoms with van der Waals surface area (Å²) in [5.41, 5.74) is 3.65. The van der Waals surface area contributed by atoms with E-state index in [0.29, 0.717) is 16.8 Å². The summed E-state index contributed by atoms with van der Waals surface area (Å²) in [5, 5.41) is 14.5. The number of nitro benzene ring substituents is 1. The number of benzene rings is 1. The fourth-order valence-corrected chi connectivity index (χ4v) is 2.74. The molecule has 0 spiro atoms. The first-order chi connectivity index (χ1) is 9.43. The number of anilines is 2. The molecule has 1 saturated carbocycles.